The van der Waals surface area contributed by atoms with E-state index in [4.69, 9.17) is 0 Å². The number of hydrogen-bond donors (Lipinski definition) is 1. The van der Waals surface area contributed by atoms with Crippen molar-refractivity contribution in [3.63, 3.8) is 0 Å². The SMILES string of the molecule is CCSc1nnc(C)n1NC(=O)c1ccccc1F. The number of nitrogens with zero attached hydrogens (tertiary/aromatic N) is 3. The van der Waals surface area contributed by atoms with Gasteiger partial charge in [-0.25, -0.2) is 9.07 Å². The minimum absolute atomic E-state index is 0.0111. The van der Waals surface area contributed by atoms with Gasteiger partial charge in [0.1, 0.15) is 11.6 Å². The zero-order chi connectivity index (χ0) is 13.8. The fourth-order valence-electron chi connectivity index (χ4n) is 1.50. The van der Waals surface area contributed by atoms with Gasteiger partial charge in [-0.15, -0.1) is 10.2 Å². The molecule has 0 saturated carbocycles. The van der Waals surface area contributed by atoms with Crippen LogP contribution in [0.1, 0.15) is 23.1 Å². The largest absolute Gasteiger partial charge is 0.273 e. The van der Waals surface area contributed by atoms with Crippen LogP contribution in [-0.4, -0.2) is 26.5 Å². The Bertz CT molecular complexity index is 599. The molecule has 5 nitrogen and oxygen atoms in total. The summed E-state index contributed by atoms with van der Waals surface area (Å²) in [6, 6.07) is 5.82. The molecule has 0 radical (unpaired) electrons. The highest BCUT2D eigenvalue weighted by molar-refractivity contribution is 7.99. The highest BCUT2D eigenvalue weighted by atomic mass is 32.2. The van der Waals surface area contributed by atoms with E-state index in [-0.39, 0.29) is 5.56 Å². The summed E-state index contributed by atoms with van der Waals surface area (Å²) in [5.41, 5.74) is 2.58. The number of aromatic nitrogens is 3. The number of benzene rings is 1. The van der Waals surface area contributed by atoms with Gasteiger partial charge in [-0.1, -0.05) is 30.8 Å². The van der Waals surface area contributed by atoms with Crippen LogP contribution in [0.25, 0.3) is 0 Å². The molecular formula is C12H13FN4OS. The molecule has 0 aliphatic heterocycles. The molecule has 2 rings (SSSR count). The van der Waals surface area contributed by atoms with Gasteiger partial charge in [0.25, 0.3) is 5.91 Å². The summed E-state index contributed by atoms with van der Waals surface area (Å²) < 4.78 is 15.0. The maximum atomic E-state index is 13.5. The van der Waals surface area contributed by atoms with Crippen LogP contribution in [-0.2, 0) is 0 Å². The van der Waals surface area contributed by atoms with E-state index < -0.39 is 11.7 Å². The number of thioether (sulfide) groups is 1. The van der Waals surface area contributed by atoms with Crippen molar-refractivity contribution in [1.29, 1.82) is 0 Å². The van der Waals surface area contributed by atoms with E-state index in [1.54, 1.807) is 13.0 Å². The summed E-state index contributed by atoms with van der Waals surface area (Å²) in [5, 5.41) is 8.40. The van der Waals surface area contributed by atoms with Gasteiger partial charge in [0.2, 0.25) is 5.16 Å². The molecule has 2 aromatic rings. The van der Waals surface area contributed by atoms with E-state index in [0.29, 0.717) is 11.0 Å². The topological polar surface area (TPSA) is 59.8 Å². The van der Waals surface area contributed by atoms with Crippen LogP contribution in [0.15, 0.2) is 29.4 Å². The summed E-state index contributed by atoms with van der Waals surface area (Å²) in [7, 11) is 0. The molecule has 1 aromatic heterocycles. The van der Waals surface area contributed by atoms with Gasteiger partial charge < -0.3 is 0 Å². The molecule has 0 atom stereocenters. The van der Waals surface area contributed by atoms with E-state index in [2.05, 4.69) is 15.6 Å². The van der Waals surface area contributed by atoms with Crippen molar-refractivity contribution in [2.24, 2.45) is 0 Å². The predicted octanol–water partition coefficient (Wildman–Crippen LogP) is 2.22. The number of hydrogen-bond acceptors (Lipinski definition) is 4. The Morgan fingerprint density at radius 2 is 2.16 bits per heavy atom. The Hall–Kier alpha value is -1.89. The quantitative estimate of drug-likeness (QED) is 0.872. The molecule has 0 aliphatic carbocycles. The zero-order valence-corrected chi connectivity index (χ0v) is 11.4. The second kappa shape index (κ2) is 5.83. The van der Waals surface area contributed by atoms with Crippen LogP contribution >= 0.6 is 11.8 Å². The molecule has 0 spiro atoms. The second-order valence-corrected chi connectivity index (χ2v) is 4.95. The van der Waals surface area contributed by atoms with Crippen molar-refractivity contribution < 1.29 is 9.18 Å². The molecule has 0 bridgehead atoms. The number of rotatable bonds is 4. The lowest BCUT2D eigenvalue weighted by molar-refractivity contribution is 0.100. The molecule has 1 heterocycles. The van der Waals surface area contributed by atoms with Gasteiger partial charge in [0, 0.05) is 0 Å². The van der Waals surface area contributed by atoms with Crippen LogP contribution < -0.4 is 5.43 Å². The molecule has 0 fully saturated rings. The first kappa shape index (κ1) is 13.5. The lowest BCUT2D eigenvalue weighted by Crippen LogP contribution is -2.25. The number of aryl methyl sites for hydroxylation is 1. The fraction of sp³-hybridized carbons (Fsp3) is 0.250. The van der Waals surface area contributed by atoms with Crippen molar-refractivity contribution in [1.82, 2.24) is 14.9 Å². The molecule has 0 unspecified atom stereocenters. The normalized spacial score (nSPS) is 10.5. The monoisotopic (exact) mass is 280 g/mol. The van der Waals surface area contributed by atoms with E-state index in [1.165, 1.54) is 34.6 Å². The Balaban J connectivity index is 2.24. The lowest BCUT2D eigenvalue weighted by atomic mass is 10.2. The summed E-state index contributed by atoms with van der Waals surface area (Å²) in [4.78, 5) is 12.0. The maximum absolute atomic E-state index is 13.5. The Morgan fingerprint density at radius 3 is 2.84 bits per heavy atom. The van der Waals surface area contributed by atoms with Crippen molar-refractivity contribution in [3.05, 3.63) is 41.5 Å². The van der Waals surface area contributed by atoms with Gasteiger partial charge in [-0.3, -0.25) is 10.2 Å². The first-order chi connectivity index (χ1) is 9.13. The molecule has 0 saturated heterocycles. The third kappa shape index (κ3) is 2.93. The molecule has 1 N–H and O–H groups in total. The van der Waals surface area contributed by atoms with Gasteiger partial charge in [0.15, 0.2) is 0 Å². The van der Waals surface area contributed by atoms with Crippen LogP contribution in [0.4, 0.5) is 4.39 Å². The van der Waals surface area contributed by atoms with Gasteiger partial charge >= 0.3 is 0 Å². The Kier molecular flexibility index (Phi) is 4.16. The van der Waals surface area contributed by atoms with Crippen molar-refractivity contribution >= 4 is 17.7 Å². The highest BCUT2D eigenvalue weighted by Gasteiger charge is 2.15. The standard InChI is InChI=1S/C12H13FN4OS/c1-3-19-12-15-14-8(2)17(12)16-11(18)9-6-4-5-7-10(9)13/h4-7H,3H2,1-2H3,(H,16,18). The first-order valence-electron chi connectivity index (χ1n) is 5.74. The second-order valence-electron chi connectivity index (χ2n) is 3.72. The van der Waals surface area contributed by atoms with Crippen LogP contribution in [0, 0.1) is 12.7 Å². The number of nitrogens with one attached hydrogen (secondary N) is 1. The smallest absolute Gasteiger partial charge is 0.267 e. The third-order valence-electron chi connectivity index (χ3n) is 2.40. The first-order valence-corrected chi connectivity index (χ1v) is 6.72. The van der Waals surface area contributed by atoms with Gasteiger partial charge in [0.05, 0.1) is 5.56 Å². The molecule has 7 heteroatoms. The number of carbonyl (C=O) groups is 1. The van der Waals surface area contributed by atoms with Crippen LogP contribution in [0.5, 0.6) is 0 Å². The van der Waals surface area contributed by atoms with E-state index in [1.807, 2.05) is 6.92 Å². The van der Waals surface area contributed by atoms with Gasteiger partial charge in [-0.2, -0.15) is 0 Å². The predicted molar refractivity (Wildman–Crippen MR) is 71.2 cm³/mol. The summed E-state index contributed by atoms with van der Waals surface area (Å²) in [5.74, 6) is 0.253. The number of carbonyl (C=O) groups excluding carboxylic acids is 1. The summed E-state index contributed by atoms with van der Waals surface area (Å²) in [6.45, 7) is 3.69. The molecule has 19 heavy (non-hydrogen) atoms. The highest BCUT2D eigenvalue weighted by Crippen LogP contribution is 2.15. The van der Waals surface area contributed by atoms with E-state index in [0.717, 1.165) is 5.75 Å². The van der Waals surface area contributed by atoms with Crippen LogP contribution in [0.3, 0.4) is 0 Å². The van der Waals surface area contributed by atoms with Crippen molar-refractivity contribution in [3.8, 4) is 0 Å². The third-order valence-corrected chi connectivity index (χ3v) is 3.21. The average Bonchev–Trinajstić information content (AvgIpc) is 2.72. The Morgan fingerprint density at radius 1 is 1.42 bits per heavy atom. The number of halogens is 1. The average molecular weight is 280 g/mol. The van der Waals surface area contributed by atoms with Crippen molar-refractivity contribution in [2.45, 2.75) is 19.0 Å². The molecule has 1 amide bonds. The molecular weight excluding hydrogens is 267 g/mol. The maximum Gasteiger partial charge on any atom is 0.273 e. The minimum atomic E-state index is -0.560. The van der Waals surface area contributed by atoms with Crippen molar-refractivity contribution in [2.75, 3.05) is 11.2 Å². The summed E-state index contributed by atoms with van der Waals surface area (Å²) >= 11 is 1.44. The van der Waals surface area contributed by atoms with Gasteiger partial charge in [-0.05, 0) is 24.8 Å². The molecule has 0 aliphatic rings. The summed E-state index contributed by atoms with van der Waals surface area (Å²) in [6.07, 6.45) is 0. The fourth-order valence-corrected chi connectivity index (χ4v) is 2.16. The van der Waals surface area contributed by atoms with E-state index >= 15 is 0 Å². The van der Waals surface area contributed by atoms with E-state index in [9.17, 15) is 9.18 Å². The lowest BCUT2D eigenvalue weighted by Gasteiger charge is -2.09. The number of amides is 1. The Labute approximate surface area is 114 Å². The molecule has 1 aromatic carbocycles. The van der Waals surface area contributed by atoms with Crippen LogP contribution in [0.2, 0.25) is 0 Å². The molecule has 100 valence electrons. The zero-order valence-electron chi connectivity index (χ0n) is 10.6. The minimum Gasteiger partial charge on any atom is -0.267 e.